The average molecular weight is 656 g/mol. The first-order chi connectivity index (χ1) is 23.8. The number of aromatic amines is 1. The van der Waals surface area contributed by atoms with E-state index in [-0.39, 0.29) is 17.0 Å². The molecule has 0 aliphatic carbocycles. The van der Waals surface area contributed by atoms with Gasteiger partial charge in [-0.05, 0) is 85.5 Å². The molecular weight excluding hydrogens is 610 g/mol. The summed E-state index contributed by atoms with van der Waals surface area (Å²) in [5.74, 6) is -0.144. The summed E-state index contributed by atoms with van der Waals surface area (Å²) >= 11 is 0. The molecule has 5 N–H and O–H groups in total. The van der Waals surface area contributed by atoms with Crippen molar-refractivity contribution in [1.29, 1.82) is 0 Å². The number of azo groups is 1. The quantitative estimate of drug-likeness (QED) is 0.0924. The van der Waals surface area contributed by atoms with Gasteiger partial charge >= 0.3 is 0 Å². The van der Waals surface area contributed by atoms with E-state index in [1.54, 1.807) is 6.07 Å². The van der Waals surface area contributed by atoms with E-state index in [0.29, 0.717) is 29.1 Å². The highest BCUT2D eigenvalue weighted by atomic mass is 16.5. The number of nitrogens with zero attached hydrogens (tertiary/aromatic N) is 2. The molecule has 0 saturated carbocycles. The second kappa shape index (κ2) is 14.5. The third kappa shape index (κ3) is 6.74. The number of rotatable bonds is 13. The van der Waals surface area contributed by atoms with Crippen LogP contribution in [0.1, 0.15) is 81.3 Å². The monoisotopic (exact) mass is 655 g/mol. The molecule has 0 saturated heterocycles. The smallest absolute Gasteiger partial charge is 0.259 e. The van der Waals surface area contributed by atoms with Gasteiger partial charge in [0.25, 0.3) is 5.91 Å². The highest BCUT2D eigenvalue weighted by Crippen LogP contribution is 2.44. The largest absolute Gasteiger partial charge is 0.505 e. The van der Waals surface area contributed by atoms with Crippen LogP contribution < -0.4 is 15.8 Å². The van der Waals surface area contributed by atoms with Crippen molar-refractivity contribution in [2.45, 2.75) is 71.8 Å². The molecule has 1 aromatic heterocycles. The Kier molecular flexibility index (Phi) is 9.97. The minimum atomic E-state index is -0.478. The van der Waals surface area contributed by atoms with Gasteiger partial charge < -0.3 is 25.9 Å². The van der Waals surface area contributed by atoms with Gasteiger partial charge in [0.15, 0.2) is 5.75 Å². The molecule has 0 spiro atoms. The molecule has 1 atom stereocenters. The average Bonchev–Trinajstić information content (AvgIpc) is 3.50. The summed E-state index contributed by atoms with van der Waals surface area (Å²) in [4.78, 5) is 17.4. The van der Waals surface area contributed by atoms with Crippen LogP contribution in [0, 0.1) is 0 Å². The number of aromatic hydroxyl groups is 1. The van der Waals surface area contributed by atoms with Gasteiger partial charge in [0.1, 0.15) is 11.4 Å². The molecule has 49 heavy (non-hydrogen) atoms. The molecule has 6 aromatic rings. The third-order valence-electron chi connectivity index (χ3n) is 9.42. The number of nitrogens with one attached hydrogen (secondary N) is 2. The predicted octanol–water partition coefficient (Wildman–Crippen LogP) is 11.0. The Morgan fingerprint density at radius 3 is 2.45 bits per heavy atom. The van der Waals surface area contributed by atoms with Crippen LogP contribution in [0.2, 0.25) is 0 Å². The molecule has 1 amide bonds. The van der Waals surface area contributed by atoms with Crippen LogP contribution in [0.25, 0.3) is 32.6 Å². The van der Waals surface area contributed by atoms with Gasteiger partial charge in [0, 0.05) is 27.2 Å². The molecule has 6 rings (SSSR count). The van der Waals surface area contributed by atoms with Crippen molar-refractivity contribution < 1.29 is 14.6 Å². The Morgan fingerprint density at radius 1 is 0.918 bits per heavy atom. The Bertz CT molecular complexity index is 2150. The van der Waals surface area contributed by atoms with Gasteiger partial charge in [-0.3, -0.25) is 4.79 Å². The van der Waals surface area contributed by atoms with Crippen molar-refractivity contribution in [3.63, 3.8) is 0 Å². The van der Waals surface area contributed by atoms with Crippen LogP contribution in [0.3, 0.4) is 0 Å². The van der Waals surface area contributed by atoms with Gasteiger partial charge in [-0.15, -0.1) is 5.11 Å². The number of aromatic nitrogens is 1. The Labute approximate surface area is 287 Å². The van der Waals surface area contributed by atoms with Crippen LogP contribution >= 0.6 is 0 Å². The predicted molar refractivity (Wildman–Crippen MR) is 201 cm³/mol. The van der Waals surface area contributed by atoms with E-state index in [4.69, 9.17) is 10.5 Å². The zero-order chi connectivity index (χ0) is 34.5. The first-order valence-corrected chi connectivity index (χ1v) is 17.4. The van der Waals surface area contributed by atoms with E-state index < -0.39 is 11.4 Å². The summed E-state index contributed by atoms with van der Waals surface area (Å²) in [6.45, 7) is 8.77. The maximum absolute atomic E-state index is 13.9. The maximum Gasteiger partial charge on any atom is 0.259 e. The fourth-order valence-corrected chi connectivity index (χ4v) is 6.66. The molecular formula is C41H45N5O3. The molecule has 0 aliphatic rings. The van der Waals surface area contributed by atoms with E-state index in [0.717, 1.165) is 76.8 Å². The zero-order valence-electron chi connectivity index (χ0n) is 28.8. The number of carbonyl (C=O) groups is 1. The molecule has 8 nitrogen and oxygen atoms in total. The molecule has 8 heteroatoms. The molecule has 1 unspecified atom stereocenters. The number of amides is 1. The fourth-order valence-electron chi connectivity index (χ4n) is 6.66. The molecule has 0 aliphatic heterocycles. The molecule has 252 valence electrons. The number of hydrogen-bond acceptors (Lipinski definition) is 6. The van der Waals surface area contributed by atoms with Crippen molar-refractivity contribution in [1.82, 2.24) is 4.98 Å². The van der Waals surface area contributed by atoms with Crippen molar-refractivity contribution in [3.8, 4) is 11.5 Å². The number of phenolic OH excluding ortho intramolecular Hbond substituents is 1. The molecule has 0 fully saturated rings. The summed E-state index contributed by atoms with van der Waals surface area (Å²) in [6.07, 6.45) is 5.78. The number of H-pyrrole nitrogens is 1. The molecule has 1 heterocycles. The zero-order valence-corrected chi connectivity index (χ0v) is 28.8. The number of ether oxygens (including phenoxy) is 1. The maximum atomic E-state index is 13.9. The van der Waals surface area contributed by atoms with Crippen molar-refractivity contribution in [2.24, 2.45) is 16.0 Å². The summed E-state index contributed by atoms with van der Waals surface area (Å²) in [6, 6.07) is 27.3. The normalized spacial score (nSPS) is 13.0. The van der Waals surface area contributed by atoms with Crippen molar-refractivity contribution in [2.75, 3.05) is 11.9 Å². The number of hydrogen-bond donors (Lipinski definition) is 4. The second-order valence-corrected chi connectivity index (χ2v) is 12.7. The van der Waals surface area contributed by atoms with Crippen LogP contribution in [0.4, 0.5) is 17.1 Å². The number of anilines is 1. The summed E-state index contributed by atoms with van der Waals surface area (Å²) in [7, 11) is 0. The summed E-state index contributed by atoms with van der Waals surface area (Å²) in [5.41, 5.74) is 11.7. The number of para-hydroxylation sites is 1. The third-order valence-corrected chi connectivity index (χ3v) is 9.42. The lowest BCUT2D eigenvalue weighted by Crippen LogP contribution is -2.35. The molecule has 5 aromatic carbocycles. The number of aryl methyl sites for hydroxylation is 1. The van der Waals surface area contributed by atoms with Crippen molar-refractivity contribution >= 4 is 55.5 Å². The van der Waals surface area contributed by atoms with E-state index >= 15 is 0 Å². The van der Waals surface area contributed by atoms with Gasteiger partial charge in [0.05, 0.1) is 29.1 Å². The Morgan fingerprint density at radius 2 is 1.71 bits per heavy atom. The lowest BCUT2D eigenvalue weighted by Gasteiger charge is -2.28. The van der Waals surface area contributed by atoms with Gasteiger partial charge in [-0.1, -0.05) is 82.1 Å². The molecule has 0 bridgehead atoms. The number of nitrogens with two attached hydrogens (primary N) is 1. The van der Waals surface area contributed by atoms with E-state index in [1.165, 1.54) is 0 Å². The summed E-state index contributed by atoms with van der Waals surface area (Å²) < 4.78 is 5.91. The highest BCUT2D eigenvalue weighted by Gasteiger charge is 2.25. The topological polar surface area (TPSA) is 125 Å². The number of fused-ring (bicyclic) bond motifs is 5. The summed E-state index contributed by atoms with van der Waals surface area (Å²) in [5, 5.41) is 27.4. The second-order valence-electron chi connectivity index (χ2n) is 12.7. The first kappa shape index (κ1) is 33.7. The standard InChI is InChI=1S/C41H45N5O3/c1-5-9-12-26-15-22-34(35(24-26)49-8-4)44-40(48)32-25-27-16-21-31-30-13-10-11-14-33(30)43-37(31)36(27)38(39(32)47)46-45-29-19-17-28(18-20-29)41(42,7-3)23-6-2/h10-11,13-22,24-25,43,47H,5-9,12,23,42H2,1-4H3,(H,44,48). The fraction of sp³-hybridized carbons (Fsp3) is 0.293. The van der Waals surface area contributed by atoms with E-state index in [2.05, 4.69) is 47.4 Å². The van der Waals surface area contributed by atoms with Gasteiger partial charge in [-0.2, -0.15) is 5.11 Å². The van der Waals surface area contributed by atoms with Crippen molar-refractivity contribution in [3.05, 3.63) is 102 Å². The van der Waals surface area contributed by atoms with Crippen LogP contribution in [0.5, 0.6) is 11.5 Å². The number of phenols is 1. The Balaban J connectivity index is 1.45. The lowest BCUT2D eigenvalue weighted by molar-refractivity contribution is 0.102. The van der Waals surface area contributed by atoms with Crippen LogP contribution in [-0.2, 0) is 12.0 Å². The SMILES string of the molecule is CCCCc1ccc(NC(=O)c2cc3ccc4c5ccccc5[nH]c4c3c(N=Nc3ccc(C(N)(CC)CCC)cc3)c2O)c(OCC)c1. The lowest BCUT2D eigenvalue weighted by atomic mass is 9.84. The van der Waals surface area contributed by atoms with Crippen LogP contribution in [-0.4, -0.2) is 22.6 Å². The highest BCUT2D eigenvalue weighted by molar-refractivity contribution is 6.22. The first-order valence-electron chi connectivity index (χ1n) is 17.4. The minimum absolute atomic E-state index is 0.0835. The number of carbonyl (C=O) groups excluding carboxylic acids is 1. The molecule has 0 radical (unpaired) electrons. The number of benzene rings is 5. The van der Waals surface area contributed by atoms with E-state index in [9.17, 15) is 9.90 Å². The minimum Gasteiger partial charge on any atom is -0.505 e. The van der Waals surface area contributed by atoms with Crippen LogP contribution in [0.15, 0.2) is 95.2 Å². The van der Waals surface area contributed by atoms with E-state index in [1.807, 2.05) is 79.7 Å². The van der Waals surface area contributed by atoms with Gasteiger partial charge in [-0.25, -0.2) is 0 Å². The Hall–Kier alpha value is -5.21. The number of unbranched alkanes of at least 4 members (excludes halogenated alkanes) is 1. The van der Waals surface area contributed by atoms with Gasteiger partial charge in [0.2, 0.25) is 0 Å².